The van der Waals surface area contributed by atoms with Crippen LogP contribution < -0.4 is 15.4 Å². The van der Waals surface area contributed by atoms with Gasteiger partial charge in [-0.3, -0.25) is 4.79 Å². The molecule has 0 aromatic heterocycles. The molecule has 2 heterocycles. The van der Waals surface area contributed by atoms with E-state index in [9.17, 15) is 9.59 Å². The molecule has 148 valence electrons. The molecule has 0 spiro atoms. The standard InChI is InChI=1S/C20H29N3O4/c24-19-6-1-3-12-23(19)13-11-21-20(25)22-16-7-9-17(10-8-16)27-15-18-5-2-4-14-26-18/h7-10,18H,1-6,11-15H2,(H2,21,22,25). The van der Waals surface area contributed by atoms with Crippen LogP contribution in [0.5, 0.6) is 5.75 Å². The van der Waals surface area contributed by atoms with Crippen molar-refractivity contribution in [3.05, 3.63) is 24.3 Å². The van der Waals surface area contributed by atoms with Crippen molar-refractivity contribution in [1.82, 2.24) is 10.2 Å². The lowest BCUT2D eigenvalue weighted by Crippen LogP contribution is -2.41. The average Bonchev–Trinajstić information content (AvgIpc) is 2.70. The first-order valence-electron chi connectivity index (χ1n) is 9.88. The Labute approximate surface area is 160 Å². The zero-order chi connectivity index (χ0) is 18.9. The number of ether oxygens (including phenoxy) is 2. The molecule has 2 aliphatic heterocycles. The van der Waals surface area contributed by atoms with Gasteiger partial charge in [0, 0.05) is 38.3 Å². The van der Waals surface area contributed by atoms with Gasteiger partial charge in [0.1, 0.15) is 12.4 Å². The minimum Gasteiger partial charge on any atom is -0.491 e. The first-order valence-corrected chi connectivity index (χ1v) is 9.88. The number of hydrogen-bond donors (Lipinski definition) is 2. The van der Waals surface area contributed by atoms with Gasteiger partial charge >= 0.3 is 6.03 Å². The minimum absolute atomic E-state index is 0.175. The summed E-state index contributed by atoms with van der Waals surface area (Å²) in [6.45, 7) is 3.16. The first-order chi connectivity index (χ1) is 13.2. The van der Waals surface area contributed by atoms with Gasteiger partial charge in [-0.1, -0.05) is 0 Å². The van der Waals surface area contributed by atoms with E-state index >= 15 is 0 Å². The maximum absolute atomic E-state index is 12.0. The summed E-state index contributed by atoms with van der Waals surface area (Å²) in [6.07, 6.45) is 6.17. The van der Waals surface area contributed by atoms with Gasteiger partial charge in [-0.05, 0) is 56.4 Å². The molecule has 27 heavy (non-hydrogen) atoms. The molecule has 1 aromatic rings. The van der Waals surface area contributed by atoms with Gasteiger partial charge in [0.2, 0.25) is 5.91 Å². The fourth-order valence-electron chi connectivity index (χ4n) is 3.34. The van der Waals surface area contributed by atoms with Crippen LogP contribution in [0.1, 0.15) is 38.5 Å². The molecule has 2 N–H and O–H groups in total. The van der Waals surface area contributed by atoms with E-state index in [0.717, 1.165) is 44.6 Å². The van der Waals surface area contributed by atoms with Gasteiger partial charge in [0.25, 0.3) is 0 Å². The average molecular weight is 375 g/mol. The van der Waals surface area contributed by atoms with Crippen molar-refractivity contribution in [3.63, 3.8) is 0 Å². The third-order valence-electron chi connectivity index (χ3n) is 4.91. The maximum Gasteiger partial charge on any atom is 0.319 e. The number of benzene rings is 1. The van der Waals surface area contributed by atoms with E-state index in [-0.39, 0.29) is 18.0 Å². The highest BCUT2D eigenvalue weighted by Gasteiger charge is 2.17. The third-order valence-corrected chi connectivity index (χ3v) is 4.91. The van der Waals surface area contributed by atoms with Gasteiger partial charge in [-0.25, -0.2) is 4.79 Å². The molecule has 1 unspecified atom stereocenters. The Bertz CT molecular complexity index is 614. The second-order valence-electron chi connectivity index (χ2n) is 7.04. The molecular formula is C20H29N3O4. The van der Waals surface area contributed by atoms with Crippen molar-refractivity contribution in [2.45, 2.75) is 44.6 Å². The molecule has 7 nitrogen and oxygen atoms in total. The second-order valence-corrected chi connectivity index (χ2v) is 7.04. The molecule has 2 saturated heterocycles. The van der Waals surface area contributed by atoms with E-state index < -0.39 is 0 Å². The maximum atomic E-state index is 12.0. The van der Waals surface area contributed by atoms with Crippen LogP contribution in [0, 0.1) is 0 Å². The predicted octanol–water partition coefficient (Wildman–Crippen LogP) is 2.77. The summed E-state index contributed by atoms with van der Waals surface area (Å²) < 4.78 is 11.4. The summed E-state index contributed by atoms with van der Waals surface area (Å²) in [6, 6.07) is 7.02. The monoisotopic (exact) mass is 375 g/mol. The lowest BCUT2D eigenvalue weighted by atomic mass is 10.1. The zero-order valence-electron chi connectivity index (χ0n) is 15.7. The Morgan fingerprint density at radius 2 is 2.04 bits per heavy atom. The Kier molecular flexibility index (Phi) is 7.33. The lowest BCUT2D eigenvalue weighted by Gasteiger charge is -2.26. The summed E-state index contributed by atoms with van der Waals surface area (Å²) in [5.74, 6) is 0.941. The largest absolute Gasteiger partial charge is 0.491 e. The van der Waals surface area contributed by atoms with Crippen LogP contribution in [0.15, 0.2) is 24.3 Å². The van der Waals surface area contributed by atoms with Crippen LogP contribution in [0.25, 0.3) is 0 Å². The molecule has 0 bridgehead atoms. The van der Waals surface area contributed by atoms with Crippen LogP contribution >= 0.6 is 0 Å². The zero-order valence-corrected chi connectivity index (χ0v) is 15.7. The molecule has 0 saturated carbocycles. The highest BCUT2D eigenvalue weighted by Crippen LogP contribution is 2.18. The lowest BCUT2D eigenvalue weighted by molar-refractivity contribution is -0.133. The van der Waals surface area contributed by atoms with E-state index in [4.69, 9.17) is 9.47 Å². The van der Waals surface area contributed by atoms with Gasteiger partial charge in [-0.15, -0.1) is 0 Å². The van der Waals surface area contributed by atoms with Gasteiger partial charge < -0.3 is 25.0 Å². The normalized spacial score (nSPS) is 20.2. The highest BCUT2D eigenvalue weighted by molar-refractivity contribution is 5.89. The second kappa shape index (κ2) is 10.2. The van der Waals surface area contributed by atoms with E-state index in [1.807, 2.05) is 29.2 Å². The third kappa shape index (κ3) is 6.43. The summed E-state index contributed by atoms with van der Waals surface area (Å²) in [4.78, 5) is 25.5. The SMILES string of the molecule is O=C(NCCN1CCCCC1=O)Nc1ccc(OCC2CCCCO2)cc1. The molecule has 1 aromatic carbocycles. The Morgan fingerprint density at radius 3 is 2.78 bits per heavy atom. The summed E-state index contributed by atoms with van der Waals surface area (Å²) in [5.41, 5.74) is 0.697. The topological polar surface area (TPSA) is 79.9 Å². The Morgan fingerprint density at radius 1 is 1.19 bits per heavy atom. The van der Waals surface area contributed by atoms with E-state index in [0.29, 0.717) is 31.8 Å². The smallest absolute Gasteiger partial charge is 0.319 e. The quantitative estimate of drug-likeness (QED) is 0.768. The molecular weight excluding hydrogens is 346 g/mol. The number of amides is 3. The molecule has 3 amide bonds. The van der Waals surface area contributed by atoms with Crippen molar-refractivity contribution in [3.8, 4) is 5.75 Å². The number of carbonyl (C=O) groups is 2. The van der Waals surface area contributed by atoms with E-state index in [1.54, 1.807) is 0 Å². The summed E-state index contributed by atoms with van der Waals surface area (Å²) in [5, 5.41) is 5.58. The number of nitrogens with zero attached hydrogens (tertiary/aromatic N) is 1. The van der Waals surface area contributed by atoms with E-state index in [1.165, 1.54) is 6.42 Å². The summed E-state index contributed by atoms with van der Waals surface area (Å²) >= 11 is 0. The summed E-state index contributed by atoms with van der Waals surface area (Å²) in [7, 11) is 0. The predicted molar refractivity (Wildman–Crippen MR) is 103 cm³/mol. The van der Waals surface area contributed by atoms with Gasteiger partial charge in [-0.2, -0.15) is 0 Å². The van der Waals surface area contributed by atoms with Gasteiger partial charge in [0.05, 0.1) is 6.10 Å². The molecule has 7 heteroatoms. The van der Waals surface area contributed by atoms with Crippen molar-refractivity contribution < 1.29 is 19.1 Å². The van der Waals surface area contributed by atoms with Crippen LogP contribution in [0.4, 0.5) is 10.5 Å². The van der Waals surface area contributed by atoms with Crippen LogP contribution in [-0.4, -0.2) is 55.8 Å². The molecule has 3 rings (SSSR count). The van der Waals surface area contributed by atoms with Crippen molar-refractivity contribution >= 4 is 17.6 Å². The van der Waals surface area contributed by atoms with Crippen molar-refractivity contribution in [2.24, 2.45) is 0 Å². The molecule has 1 atom stereocenters. The molecule has 0 aliphatic carbocycles. The Hall–Kier alpha value is -2.28. The van der Waals surface area contributed by atoms with Gasteiger partial charge in [0.15, 0.2) is 0 Å². The fourth-order valence-corrected chi connectivity index (χ4v) is 3.34. The number of likely N-dealkylation sites (tertiary alicyclic amines) is 1. The number of rotatable bonds is 7. The highest BCUT2D eigenvalue weighted by atomic mass is 16.5. The van der Waals surface area contributed by atoms with Crippen LogP contribution in [0.2, 0.25) is 0 Å². The fraction of sp³-hybridized carbons (Fsp3) is 0.600. The van der Waals surface area contributed by atoms with Crippen LogP contribution in [0.3, 0.4) is 0 Å². The molecule has 0 radical (unpaired) electrons. The number of piperidine rings is 1. The first kappa shape index (κ1) is 19.5. The van der Waals surface area contributed by atoms with Crippen molar-refractivity contribution in [1.29, 1.82) is 0 Å². The number of nitrogens with one attached hydrogen (secondary N) is 2. The number of hydrogen-bond acceptors (Lipinski definition) is 4. The number of urea groups is 1. The Balaban J connectivity index is 1.34. The van der Waals surface area contributed by atoms with E-state index in [2.05, 4.69) is 10.6 Å². The number of anilines is 1. The minimum atomic E-state index is -0.274. The molecule has 2 aliphatic rings. The van der Waals surface area contributed by atoms with Crippen molar-refractivity contribution in [2.75, 3.05) is 38.2 Å². The number of carbonyl (C=O) groups excluding carboxylic acids is 2. The molecule has 2 fully saturated rings. The van der Waals surface area contributed by atoms with Crippen LogP contribution in [-0.2, 0) is 9.53 Å².